The standard InChI is InChI=1S/C20H25N3O2/c1-15-6-5-11-21-18(15)14-22-20(25)23(12-13-24)19-10-4-8-16-7-2-3-9-17(16)19/h2-3,5-7,9,11,19,24H,4,8,10,12-14H2,1H3,(H,22,25)/t19-/m1/s1. The Hall–Kier alpha value is -2.40. The molecule has 0 saturated carbocycles. The van der Waals surface area contributed by atoms with Crippen LogP contribution in [0.25, 0.3) is 0 Å². The monoisotopic (exact) mass is 339 g/mol. The van der Waals surface area contributed by atoms with Gasteiger partial charge in [-0.2, -0.15) is 0 Å². The molecule has 1 aromatic heterocycles. The van der Waals surface area contributed by atoms with Gasteiger partial charge in [-0.25, -0.2) is 4.79 Å². The summed E-state index contributed by atoms with van der Waals surface area (Å²) in [6, 6.07) is 12.0. The smallest absolute Gasteiger partial charge is 0.318 e. The van der Waals surface area contributed by atoms with E-state index in [1.165, 1.54) is 11.1 Å². The zero-order chi connectivity index (χ0) is 17.6. The van der Waals surface area contributed by atoms with Gasteiger partial charge in [0.1, 0.15) is 0 Å². The van der Waals surface area contributed by atoms with Gasteiger partial charge in [0, 0.05) is 12.7 Å². The normalized spacial score (nSPS) is 16.2. The number of aryl methyl sites for hydroxylation is 2. The van der Waals surface area contributed by atoms with Crippen molar-refractivity contribution in [2.24, 2.45) is 0 Å². The predicted octanol–water partition coefficient (Wildman–Crippen LogP) is 2.97. The Morgan fingerprint density at radius 2 is 2.16 bits per heavy atom. The fourth-order valence-electron chi connectivity index (χ4n) is 3.52. The van der Waals surface area contributed by atoms with Gasteiger partial charge >= 0.3 is 6.03 Å². The Morgan fingerprint density at radius 1 is 1.32 bits per heavy atom. The van der Waals surface area contributed by atoms with Crippen LogP contribution in [-0.2, 0) is 13.0 Å². The number of carbonyl (C=O) groups is 1. The molecule has 5 nitrogen and oxygen atoms in total. The Kier molecular flexibility index (Phi) is 5.66. The third-order valence-electron chi connectivity index (χ3n) is 4.84. The van der Waals surface area contributed by atoms with E-state index in [9.17, 15) is 9.90 Å². The van der Waals surface area contributed by atoms with E-state index in [0.717, 1.165) is 30.5 Å². The molecule has 25 heavy (non-hydrogen) atoms. The largest absolute Gasteiger partial charge is 0.395 e. The number of carbonyl (C=O) groups excluding carboxylic acids is 1. The number of aromatic nitrogens is 1. The summed E-state index contributed by atoms with van der Waals surface area (Å²) in [5.74, 6) is 0. The van der Waals surface area contributed by atoms with Crippen LogP contribution in [0.1, 0.15) is 41.3 Å². The summed E-state index contributed by atoms with van der Waals surface area (Å²) in [6.07, 6.45) is 4.76. The molecule has 0 radical (unpaired) electrons. The molecule has 1 heterocycles. The molecule has 1 aromatic carbocycles. The molecule has 2 amide bonds. The molecule has 1 aliphatic carbocycles. The molecule has 0 bridgehead atoms. The van der Waals surface area contributed by atoms with Crippen LogP contribution in [0.4, 0.5) is 4.79 Å². The molecule has 3 rings (SSSR count). The van der Waals surface area contributed by atoms with Crippen LogP contribution in [0.2, 0.25) is 0 Å². The second-order valence-electron chi connectivity index (χ2n) is 6.45. The van der Waals surface area contributed by atoms with Crippen molar-refractivity contribution in [2.45, 2.75) is 38.8 Å². The molecule has 2 N–H and O–H groups in total. The minimum Gasteiger partial charge on any atom is -0.395 e. The van der Waals surface area contributed by atoms with Gasteiger partial charge in [0.25, 0.3) is 0 Å². The zero-order valence-electron chi connectivity index (χ0n) is 14.6. The maximum atomic E-state index is 12.8. The minimum absolute atomic E-state index is 0.0157. The quantitative estimate of drug-likeness (QED) is 0.880. The van der Waals surface area contributed by atoms with Crippen LogP contribution >= 0.6 is 0 Å². The van der Waals surface area contributed by atoms with Gasteiger partial charge in [0.05, 0.1) is 24.9 Å². The Balaban J connectivity index is 1.75. The number of hydrogen-bond acceptors (Lipinski definition) is 3. The van der Waals surface area contributed by atoms with Crippen molar-refractivity contribution in [3.63, 3.8) is 0 Å². The van der Waals surface area contributed by atoms with Crippen molar-refractivity contribution < 1.29 is 9.90 Å². The predicted molar refractivity (Wildman–Crippen MR) is 97.1 cm³/mol. The van der Waals surface area contributed by atoms with Crippen molar-refractivity contribution in [2.75, 3.05) is 13.2 Å². The summed E-state index contributed by atoms with van der Waals surface area (Å²) in [7, 11) is 0. The fraction of sp³-hybridized carbons (Fsp3) is 0.400. The first-order valence-corrected chi connectivity index (χ1v) is 8.84. The molecule has 5 heteroatoms. The Labute approximate surface area is 148 Å². The highest BCUT2D eigenvalue weighted by molar-refractivity contribution is 5.75. The highest BCUT2D eigenvalue weighted by Crippen LogP contribution is 2.34. The highest BCUT2D eigenvalue weighted by Gasteiger charge is 2.28. The summed E-state index contributed by atoms with van der Waals surface area (Å²) in [6.45, 7) is 2.65. The average molecular weight is 339 g/mol. The fourth-order valence-corrected chi connectivity index (χ4v) is 3.52. The molecule has 1 aliphatic rings. The van der Waals surface area contributed by atoms with Crippen molar-refractivity contribution in [1.29, 1.82) is 0 Å². The van der Waals surface area contributed by atoms with Gasteiger partial charge < -0.3 is 15.3 Å². The lowest BCUT2D eigenvalue weighted by Gasteiger charge is -2.35. The second kappa shape index (κ2) is 8.12. The second-order valence-corrected chi connectivity index (χ2v) is 6.45. The van der Waals surface area contributed by atoms with E-state index in [4.69, 9.17) is 0 Å². The minimum atomic E-state index is -0.152. The lowest BCUT2D eigenvalue weighted by atomic mass is 9.87. The number of hydrogen-bond donors (Lipinski definition) is 2. The molecule has 0 unspecified atom stereocenters. The van der Waals surface area contributed by atoms with Gasteiger partial charge in [-0.05, 0) is 48.9 Å². The van der Waals surface area contributed by atoms with Crippen molar-refractivity contribution in [3.05, 3.63) is 65.0 Å². The first-order chi connectivity index (χ1) is 12.2. The van der Waals surface area contributed by atoms with E-state index < -0.39 is 0 Å². The van der Waals surface area contributed by atoms with Crippen LogP contribution in [0, 0.1) is 6.92 Å². The number of fused-ring (bicyclic) bond motifs is 1. The number of benzene rings is 1. The summed E-state index contributed by atoms with van der Waals surface area (Å²) < 4.78 is 0. The van der Waals surface area contributed by atoms with Crippen LogP contribution < -0.4 is 5.32 Å². The van der Waals surface area contributed by atoms with Crippen molar-refractivity contribution in [1.82, 2.24) is 15.2 Å². The number of aliphatic hydroxyl groups is 1. The summed E-state index contributed by atoms with van der Waals surface area (Å²) in [5.41, 5.74) is 4.42. The number of nitrogens with zero attached hydrogens (tertiary/aromatic N) is 2. The highest BCUT2D eigenvalue weighted by atomic mass is 16.3. The summed E-state index contributed by atoms with van der Waals surface area (Å²) in [4.78, 5) is 18.9. The zero-order valence-corrected chi connectivity index (χ0v) is 14.6. The molecule has 0 aliphatic heterocycles. The average Bonchev–Trinajstić information content (AvgIpc) is 2.65. The molecule has 2 aromatic rings. The van der Waals surface area contributed by atoms with E-state index in [1.54, 1.807) is 11.1 Å². The third kappa shape index (κ3) is 3.99. The number of rotatable bonds is 5. The molecular formula is C20H25N3O2. The molecule has 0 spiro atoms. The van der Waals surface area contributed by atoms with E-state index in [0.29, 0.717) is 13.1 Å². The molecular weight excluding hydrogens is 314 g/mol. The number of urea groups is 1. The van der Waals surface area contributed by atoms with Gasteiger partial charge in [0.15, 0.2) is 0 Å². The van der Waals surface area contributed by atoms with Gasteiger partial charge in [0.2, 0.25) is 0 Å². The van der Waals surface area contributed by atoms with Crippen molar-refractivity contribution >= 4 is 6.03 Å². The van der Waals surface area contributed by atoms with Gasteiger partial charge in [-0.15, -0.1) is 0 Å². The molecule has 0 fully saturated rings. The molecule has 1 atom stereocenters. The SMILES string of the molecule is Cc1cccnc1CNC(=O)N(CCO)[C@@H]1CCCc2ccccc21. The molecule has 0 saturated heterocycles. The Morgan fingerprint density at radius 3 is 2.96 bits per heavy atom. The molecule has 132 valence electrons. The first kappa shape index (κ1) is 17.4. The van der Waals surface area contributed by atoms with E-state index >= 15 is 0 Å². The number of aliphatic hydroxyl groups excluding tert-OH is 1. The summed E-state index contributed by atoms with van der Waals surface area (Å²) in [5, 5.41) is 12.4. The Bertz CT molecular complexity index is 732. The van der Waals surface area contributed by atoms with Gasteiger partial charge in [-0.3, -0.25) is 4.98 Å². The van der Waals surface area contributed by atoms with Crippen LogP contribution in [0.5, 0.6) is 0 Å². The van der Waals surface area contributed by atoms with E-state index in [2.05, 4.69) is 22.4 Å². The van der Waals surface area contributed by atoms with Crippen LogP contribution in [0.15, 0.2) is 42.6 Å². The topological polar surface area (TPSA) is 65.5 Å². The van der Waals surface area contributed by atoms with Crippen LogP contribution in [0.3, 0.4) is 0 Å². The third-order valence-corrected chi connectivity index (χ3v) is 4.84. The number of nitrogens with one attached hydrogen (secondary N) is 1. The van der Waals surface area contributed by atoms with Crippen LogP contribution in [-0.4, -0.2) is 34.2 Å². The van der Waals surface area contributed by atoms with Gasteiger partial charge in [-0.1, -0.05) is 30.3 Å². The maximum absolute atomic E-state index is 12.8. The summed E-state index contributed by atoms with van der Waals surface area (Å²) >= 11 is 0. The van der Waals surface area contributed by atoms with E-state index in [1.807, 2.05) is 31.2 Å². The van der Waals surface area contributed by atoms with E-state index in [-0.39, 0.29) is 18.7 Å². The maximum Gasteiger partial charge on any atom is 0.318 e. The van der Waals surface area contributed by atoms with Crippen molar-refractivity contribution in [3.8, 4) is 0 Å². The first-order valence-electron chi connectivity index (χ1n) is 8.84. The lowest BCUT2D eigenvalue weighted by molar-refractivity contribution is 0.144. The lowest BCUT2D eigenvalue weighted by Crippen LogP contribution is -2.44. The number of pyridine rings is 1. The number of amides is 2.